The lowest BCUT2D eigenvalue weighted by molar-refractivity contribution is 0.568. The number of hydrogen-bond acceptors (Lipinski definition) is 3. The molecule has 1 aliphatic rings. The SMILES string of the molecule is O=S(=O)(CC1CCNC1)c1cccc(F)c1. The zero-order valence-electron chi connectivity index (χ0n) is 8.82. The molecule has 88 valence electrons. The molecule has 1 fully saturated rings. The van der Waals surface area contributed by atoms with E-state index >= 15 is 0 Å². The van der Waals surface area contributed by atoms with E-state index in [1.54, 1.807) is 0 Å². The summed E-state index contributed by atoms with van der Waals surface area (Å²) in [6, 6.07) is 5.20. The van der Waals surface area contributed by atoms with Crippen LogP contribution in [0.3, 0.4) is 0 Å². The molecule has 1 aliphatic heterocycles. The van der Waals surface area contributed by atoms with Gasteiger partial charge >= 0.3 is 0 Å². The fourth-order valence-corrected chi connectivity index (χ4v) is 3.60. The van der Waals surface area contributed by atoms with Gasteiger partial charge in [0.25, 0.3) is 0 Å². The third kappa shape index (κ3) is 2.59. The molecule has 1 aromatic carbocycles. The number of hydrogen-bond donors (Lipinski definition) is 1. The normalized spacial score (nSPS) is 21.2. The molecule has 0 aromatic heterocycles. The van der Waals surface area contributed by atoms with Crippen LogP contribution < -0.4 is 5.32 Å². The van der Waals surface area contributed by atoms with Gasteiger partial charge in [0.05, 0.1) is 10.6 Å². The van der Waals surface area contributed by atoms with E-state index in [4.69, 9.17) is 0 Å². The summed E-state index contributed by atoms with van der Waals surface area (Å²) in [7, 11) is -3.35. The number of halogens is 1. The number of benzene rings is 1. The molecule has 1 N–H and O–H groups in total. The lowest BCUT2D eigenvalue weighted by Crippen LogP contribution is -2.18. The van der Waals surface area contributed by atoms with Crippen molar-refractivity contribution in [2.45, 2.75) is 11.3 Å². The summed E-state index contributed by atoms with van der Waals surface area (Å²) in [5.41, 5.74) is 0. The first-order chi connectivity index (χ1) is 7.58. The predicted molar refractivity (Wildman–Crippen MR) is 59.4 cm³/mol. The van der Waals surface area contributed by atoms with E-state index in [0.29, 0.717) is 0 Å². The van der Waals surface area contributed by atoms with Crippen molar-refractivity contribution in [2.24, 2.45) is 5.92 Å². The minimum Gasteiger partial charge on any atom is -0.316 e. The van der Waals surface area contributed by atoms with Crippen molar-refractivity contribution in [3.05, 3.63) is 30.1 Å². The van der Waals surface area contributed by atoms with Crippen LogP contribution in [0.5, 0.6) is 0 Å². The molecule has 16 heavy (non-hydrogen) atoms. The highest BCUT2D eigenvalue weighted by Crippen LogP contribution is 2.18. The summed E-state index contributed by atoms with van der Waals surface area (Å²) in [5, 5.41) is 3.12. The molecule has 0 saturated carbocycles. The quantitative estimate of drug-likeness (QED) is 0.868. The first kappa shape index (κ1) is 11.5. The third-order valence-electron chi connectivity index (χ3n) is 2.77. The van der Waals surface area contributed by atoms with E-state index < -0.39 is 15.7 Å². The second-order valence-electron chi connectivity index (χ2n) is 4.10. The second-order valence-corrected chi connectivity index (χ2v) is 6.13. The maximum atomic E-state index is 12.9. The number of sulfone groups is 1. The van der Waals surface area contributed by atoms with Crippen LogP contribution in [0.2, 0.25) is 0 Å². The van der Waals surface area contributed by atoms with E-state index in [1.807, 2.05) is 0 Å². The third-order valence-corrected chi connectivity index (χ3v) is 4.66. The van der Waals surface area contributed by atoms with E-state index in [0.717, 1.165) is 25.6 Å². The Bertz CT molecular complexity index is 467. The Morgan fingerprint density at radius 1 is 1.44 bits per heavy atom. The van der Waals surface area contributed by atoms with Gasteiger partial charge in [0.15, 0.2) is 9.84 Å². The zero-order chi connectivity index (χ0) is 11.6. The molecule has 0 spiro atoms. The Labute approximate surface area is 94.6 Å². The van der Waals surface area contributed by atoms with Gasteiger partial charge in [0.2, 0.25) is 0 Å². The molecule has 2 rings (SSSR count). The molecule has 5 heteroatoms. The van der Waals surface area contributed by atoms with Gasteiger partial charge in [-0.3, -0.25) is 0 Å². The average molecular weight is 243 g/mol. The van der Waals surface area contributed by atoms with Crippen molar-refractivity contribution < 1.29 is 12.8 Å². The second kappa shape index (κ2) is 4.51. The Morgan fingerprint density at radius 3 is 2.88 bits per heavy atom. The molecule has 0 radical (unpaired) electrons. The van der Waals surface area contributed by atoms with Gasteiger partial charge in [-0.2, -0.15) is 0 Å². The lowest BCUT2D eigenvalue weighted by Gasteiger charge is -2.09. The fourth-order valence-electron chi connectivity index (χ4n) is 1.92. The molecule has 0 amide bonds. The summed E-state index contributed by atoms with van der Waals surface area (Å²) in [5.74, 6) is -0.261. The number of nitrogens with one attached hydrogen (secondary N) is 1. The van der Waals surface area contributed by atoms with E-state index in [-0.39, 0.29) is 16.6 Å². The highest BCUT2D eigenvalue weighted by molar-refractivity contribution is 7.91. The molecule has 1 heterocycles. The summed E-state index contributed by atoms with van der Waals surface area (Å²) in [6.07, 6.45) is 0.870. The molecule has 1 saturated heterocycles. The van der Waals surface area contributed by atoms with Crippen molar-refractivity contribution in [2.75, 3.05) is 18.8 Å². The standard InChI is InChI=1S/C11H14FNO2S/c12-10-2-1-3-11(6-10)16(14,15)8-9-4-5-13-7-9/h1-3,6,9,13H,4-5,7-8H2. The summed E-state index contributed by atoms with van der Waals surface area (Å²) in [4.78, 5) is 0.0828. The highest BCUT2D eigenvalue weighted by atomic mass is 32.2. The maximum absolute atomic E-state index is 12.9. The van der Waals surface area contributed by atoms with Crippen LogP contribution in [-0.2, 0) is 9.84 Å². The van der Waals surface area contributed by atoms with Crippen LogP contribution in [0.25, 0.3) is 0 Å². The Balaban J connectivity index is 2.18. The molecule has 1 unspecified atom stereocenters. The van der Waals surface area contributed by atoms with Crippen LogP contribution in [0.1, 0.15) is 6.42 Å². The van der Waals surface area contributed by atoms with Gasteiger partial charge in [-0.05, 0) is 43.6 Å². The molecule has 0 bridgehead atoms. The van der Waals surface area contributed by atoms with Crippen molar-refractivity contribution in [1.82, 2.24) is 5.32 Å². The smallest absolute Gasteiger partial charge is 0.178 e. The average Bonchev–Trinajstić information content (AvgIpc) is 2.70. The van der Waals surface area contributed by atoms with Crippen LogP contribution in [0, 0.1) is 11.7 Å². The van der Waals surface area contributed by atoms with Gasteiger partial charge in [0, 0.05) is 0 Å². The molecule has 0 aliphatic carbocycles. The van der Waals surface area contributed by atoms with Gasteiger partial charge in [-0.25, -0.2) is 12.8 Å². The van der Waals surface area contributed by atoms with Crippen molar-refractivity contribution in [1.29, 1.82) is 0 Å². The molecule has 1 atom stereocenters. The molecule has 3 nitrogen and oxygen atoms in total. The van der Waals surface area contributed by atoms with Crippen LogP contribution in [0.15, 0.2) is 29.2 Å². The highest BCUT2D eigenvalue weighted by Gasteiger charge is 2.23. The predicted octanol–water partition coefficient (Wildman–Crippen LogP) is 1.21. The molecule has 1 aromatic rings. The van der Waals surface area contributed by atoms with Gasteiger partial charge in [0.1, 0.15) is 5.82 Å². The summed E-state index contributed by atoms with van der Waals surface area (Å²) in [6.45, 7) is 1.60. The summed E-state index contributed by atoms with van der Waals surface area (Å²) < 4.78 is 36.8. The Morgan fingerprint density at radius 2 is 2.25 bits per heavy atom. The zero-order valence-corrected chi connectivity index (χ0v) is 9.63. The van der Waals surface area contributed by atoms with Crippen molar-refractivity contribution in [3.63, 3.8) is 0 Å². The Kier molecular flexibility index (Phi) is 3.25. The first-order valence-corrected chi connectivity index (χ1v) is 6.92. The Hall–Kier alpha value is -0.940. The summed E-state index contributed by atoms with van der Waals surface area (Å²) >= 11 is 0. The number of rotatable bonds is 3. The van der Waals surface area contributed by atoms with Crippen LogP contribution >= 0.6 is 0 Å². The molecular formula is C11H14FNO2S. The largest absolute Gasteiger partial charge is 0.316 e. The van der Waals surface area contributed by atoms with Gasteiger partial charge in [-0.1, -0.05) is 6.07 Å². The van der Waals surface area contributed by atoms with Crippen molar-refractivity contribution >= 4 is 9.84 Å². The minimum atomic E-state index is -3.35. The minimum absolute atomic E-state index is 0.0828. The van der Waals surface area contributed by atoms with E-state index in [2.05, 4.69) is 5.32 Å². The monoisotopic (exact) mass is 243 g/mol. The topological polar surface area (TPSA) is 46.2 Å². The van der Waals surface area contributed by atoms with Crippen LogP contribution in [0.4, 0.5) is 4.39 Å². The van der Waals surface area contributed by atoms with E-state index in [1.165, 1.54) is 18.2 Å². The van der Waals surface area contributed by atoms with Gasteiger partial charge in [-0.15, -0.1) is 0 Å². The maximum Gasteiger partial charge on any atom is 0.178 e. The van der Waals surface area contributed by atoms with Crippen molar-refractivity contribution in [3.8, 4) is 0 Å². The fraction of sp³-hybridized carbons (Fsp3) is 0.455. The van der Waals surface area contributed by atoms with E-state index in [9.17, 15) is 12.8 Å². The van der Waals surface area contributed by atoms with Crippen LogP contribution in [-0.4, -0.2) is 27.3 Å². The molecular weight excluding hydrogens is 229 g/mol. The van der Waals surface area contributed by atoms with Gasteiger partial charge < -0.3 is 5.32 Å². The lowest BCUT2D eigenvalue weighted by atomic mass is 10.2. The first-order valence-electron chi connectivity index (χ1n) is 5.27.